The van der Waals surface area contributed by atoms with Gasteiger partial charge in [-0.15, -0.1) is 10.9 Å². The van der Waals surface area contributed by atoms with Gasteiger partial charge in [0.1, 0.15) is 29.3 Å². The Morgan fingerprint density at radius 3 is 2.38 bits per heavy atom. The summed E-state index contributed by atoms with van der Waals surface area (Å²) in [6.07, 6.45) is 13.1. The SMILES string of the molecule is [B]C/C([B])=C([B])\C([B])=C(\O)C(=C)c1nc(-c2cccc(-c3ccccc3)c2)nc(-n2c3c(c4ccccc42)C=CC2C3c3ccccc3N2C2=CC=CCC2)n1. The third-order valence-electron chi connectivity index (χ3n) is 10.9. The minimum Gasteiger partial charge on any atom is -0.508 e. The number of aliphatic hydroxyl groups is 1. The Bertz CT molecular complexity index is 2730. The summed E-state index contributed by atoms with van der Waals surface area (Å²) in [6.45, 7) is 4.20. The molecule has 10 heteroatoms. The Labute approximate surface area is 332 Å². The maximum Gasteiger partial charge on any atom is 0.238 e. The number of aromatic nitrogens is 4. The van der Waals surface area contributed by atoms with Crippen LogP contribution >= 0.6 is 0 Å². The fraction of sp³-hybridized carbons (Fsp3) is 0.109. The van der Waals surface area contributed by atoms with Crippen molar-refractivity contribution in [3.05, 3.63) is 185 Å². The molecule has 2 aromatic heterocycles. The second-order valence-electron chi connectivity index (χ2n) is 14.1. The van der Waals surface area contributed by atoms with Gasteiger partial charge < -0.3 is 10.0 Å². The van der Waals surface area contributed by atoms with Gasteiger partial charge in [-0.25, -0.2) is 4.98 Å². The monoisotopic (exact) mass is 715 g/mol. The predicted octanol–water partition coefficient (Wildman–Crippen LogP) is 8.82. The minimum atomic E-state index is -0.405. The molecule has 8 radical (unpaired) electrons. The summed E-state index contributed by atoms with van der Waals surface area (Å²) in [5.41, 5.74) is 9.60. The Hall–Kier alpha value is -6.27. The van der Waals surface area contributed by atoms with E-state index in [-0.39, 0.29) is 46.1 Å². The number of nitrogens with zero attached hydrogens (tertiary/aromatic N) is 5. The summed E-state index contributed by atoms with van der Waals surface area (Å²) in [5.74, 6) is 0.429. The van der Waals surface area contributed by atoms with Crippen molar-refractivity contribution < 1.29 is 5.11 Å². The number of anilines is 1. The largest absolute Gasteiger partial charge is 0.508 e. The molecule has 1 aliphatic heterocycles. The summed E-state index contributed by atoms with van der Waals surface area (Å²) in [4.78, 5) is 17.7. The van der Waals surface area contributed by atoms with Gasteiger partial charge >= 0.3 is 0 Å². The van der Waals surface area contributed by atoms with E-state index in [1.807, 2.05) is 42.5 Å². The zero-order valence-corrected chi connectivity index (χ0v) is 30.7. The van der Waals surface area contributed by atoms with Crippen LogP contribution < -0.4 is 4.90 Å². The molecule has 56 heavy (non-hydrogen) atoms. The molecule has 260 valence electrons. The third kappa shape index (κ3) is 5.92. The molecule has 0 saturated carbocycles. The summed E-state index contributed by atoms with van der Waals surface area (Å²) < 4.78 is 2.15. The number of para-hydroxylation sites is 2. The van der Waals surface area contributed by atoms with E-state index in [1.54, 1.807) is 0 Å². The molecule has 2 aliphatic carbocycles. The summed E-state index contributed by atoms with van der Waals surface area (Å²) >= 11 is 0. The summed E-state index contributed by atoms with van der Waals surface area (Å²) in [5, 5.41) is 12.6. The number of benzene rings is 4. The Morgan fingerprint density at radius 2 is 1.57 bits per heavy atom. The van der Waals surface area contributed by atoms with Crippen molar-refractivity contribution >= 4 is 59.6 Å². The first-order chi connectivity index (χ1) is 27.3. The van der Waals surface area contributed by atoms with Crippen LogP contribution in [0.3, 0.4) is 0 Å². The van der Waals surface area contributed by atoms with Crippen LogP contribution in [-0.4, -0.2) is 62.1 Å². The molecule has 2 unspecified atom stereocenters. The smallest absolute Gasteiger partial charge is 0.238 e. The lowest BCUT2D eigenvalue weighted by atomic mass is 9.66. The normalized spacial score (nSPS) is 17.8. The molecule has 1 N–H and O–H groups in total. The van der Waals surface area contributed by atoms with Gasteiger partial charge in [-0.05, 0) is 53.8 Å². The van der Waals surface area contributed by atoms with Crippen molar-refractivity contribution in [2.75, 3.05) is 4.90 Å². The zero-order chi connectivity index (χ0) is 38.5. The van der Waals surface area contributed by atoms with Gasteiger partial charge in [-0.3, -0.25) is 4.57 Å². The third-order valence-corrected chi connectivity index (χ3v) is 10.9. The Morgan fingerprint density at radius 1 is 0.821 bits per heavy atom. The van der Waals surface area contributed by atoms with E-state index in [0.29, 0.717) is 11.8 Å². The van der Waals surface area contributed by atoms with Crippen LogP contribution in [0.4, 0.5) is 5.69 Å². The lowest BCUT2D eigenvalue weighted by molar-refractivity contribution is 0.435. The lowest BCUT2D eigenvalue weighted by Crippen LogP contribution is -2.34. The molecule has 0 saturated heterocycles. The molecule has 2 atom stereocenters. The highest BCUT2D eigenvalue weighted by Gasteiger charge is 2.44. The van der Waals surface area contributed by atoms with E-state index >= 15 is 0 Å². The Kier molecular flexibility index (Phi) is 9.13. The quantitative estimate of drug-likeness (QED) is 0.0970. The van der Waals surface area contributed by atoms with Crippen molar-refractivity contribution in [1.82, 2.24) is 19.5 Å². The van der Waals surface area contributed by atoms with Crippen molar-refractivity contribution in [3.8, 4) is 28.5 Å². The maximum atomic E-state index is 11.5. The number of rotatable bonds is 8. The van der Waals surface area contributed by atoms with Crippen LogP contribution in [0.1, 0.15) is 41.4 Å². The highest BCUT2D eigenvalue weighted by Crippen LogP contribution is 2.52. The molecular weight excluding hydrogens is 682 g/mol. The van der Waals surface area contributed by atoms with E-state index in [2.05, 4.69) is 107 Å². The second kappa shape index (κ2) is 14.4. The summed E-state index contributed by atoms with van der Waals surface area (Å²) in [7, 11) is 24.3. The van der Waals surface area contributed by atoms with Crippen LogP contribution in [0.2, 0.25) is 6.32 Å². The number of aliphatic hydroxyl groups excluding tert-OH is 1. The first kappa shape index (κ1) is 35.4. The van der Waals surface area contributed by atoms with E-state index in [9.17, 15) is 5.11 Å². The van der Waals surface area contributed by atoms with Gasteiger partial charge in [-0.2, -0.15) is 9.97 Å². The average Bonchev–Trinajstić information content (AvgIpc) is 3.78. The minimum absolute atomic E-state index is 0.0218. The fourth-order valence-corrected chi connectivity index (χ4v) is 8.16. The van der Waals surface area contributed by atoms with Crippen molar-refractivity contribution in [2.45, 2.75) is 31.1 Å². The molecule has 0 spiro atoms. The van der Waals surface area contributed by atoms with Gasteiger partial charge in [0.05, 0.1) is 30.9 Å². The van der Waals surface area contributed by atoms with Crippen molar-refractivity contribution in [1.29, 1.82) is 0 Å². The standard InChI is InChI=1S/C46H33B4N5O/c1-27(43(56)41(50)40(49)35(48)26-47)44-51-45(30-16-12-15-29(25-30)28-13-4-2-5-14-28)53-46(52-44)55-36-21-10-8-19-32(36)33-23-24-38-39(42(33)55)34-20-9-11-22-37(34)54(38)31-17-6-3-7-18-31/h2-6,8-17,19-25,38-39,56H,1,7,18,26H2/b40-35-,43-41-. The Balaban J connectivity index is 1.29. The zero-order valence-electron chi connectivity index (χ0n) is 30.7. The van der Waals surface area contributed by atoms with Gasteiger partial charge in [-0.1, -0.05) is 128 Å². The van der Waals surface area contributed by atoms with Crippen LogP contribution in [0.25, 0.3) is 51.0 Å². The van der Waals surface area contributed by atoms with Gasteiger partial charge in [0.2, 0.25) is 5.95 Å². The van der Waals surface area contributed by atoms with Crippen LogP contribution in [0.15, 0.2) is 162 Å². The number of hydrogen-bond acceptors (Lipinski definition) is 5. The molecule has 0 bridgehead atoms. The average molecular weight is 715 g/mol. The second-order valence-corrected chi connectivity index (χ2v) is 14.1. The number of hydrogen-bond donors (Lipinski definition) is 1. The van der Waals surface area contributed by atoms with Crippen molar-refractivity contribution in [2.24, 2.45) is 0 Å². The molecular formula is C46H33B4N5O. The van der Waals surface area contributed by atoms with Crippen LogP contribution in [0, 0.1) is 0 Å². The molecule has 3 aliphatic rings. The van der Waals surface area contributed by atoms with Crippen LogP contribution in [-0.2, 0) is 0 Å². The number of allylic oxidation sites excluding steroid dienone is 8. The number of fused-ring (bicyclic) bond motifs is 7. The predicted molar refractivity (Wildman–Crippen MR) is 231 cm³/mol. The first-order valence-electron chi connectivity index (χ1n) is 18.6. The van der Waals surface area contributed by atoms with E-state index in [1.165, 1.54) is 16.9 Å². The highest BCUT2D eigenvalue weighted by atomic mass is 16.3. The summed E-state index contributed by atoms with van der Waals surface area (Å²) in [6, 6.07) is 35.2. The topological polar surface area (TPSA) is 67.1 Å². The molecule has 3 heterocycles. The van der Waals surface area contributed by atoms with E-state index < -0.39 is 5.76 Å². The molecule has 6 aromatic rings. The molecule has 0 amide bonds. The van der Waals surface area contributed by atoms with E-state index in [4.69, 9.17) is 46.3 Å². The van der Waals surface area contributed by atoms with E-state index in [0.717, 1.165) is 51.7 Å². The first-order valence-corrected chi connectivity index (χ1v) is 18.6. The highest BCUT2D eigenvalue weighted by molar-refractivity contribution is 6.42. The molecule has 0 fully saturated rings. The molecule has 6 nitrogen and oxygen atoms in total. The van der Waals surface area contributed by atoms with Crippen LogP contribution in [0.5, 0.6) is 0 Å². The van der Waals surface area contributed by atoms with Gasteiger partial charge in [0.25, 0.3) is 0 Å². The van der Waals surface area contributed by atoms with Gasteiger partial charge in [0.15, 0.2) is 11.6 Å². The van der Waals surface area contributed by atoms with Gasteiger partial charge in [0, 0.05) is 33.6 Å². The fourth-order valence-electron chi connectivity index (χ4n) is 8.16. The maximum absolute atomic E-state index is 11.5. The van der Waals surface area contributed by atoms with Crippen molar-refractivity contribution in [3.63, 3.8) is 0 Å². The molecule has 4 aromatic carbocycles. The molecule has 9 rings (SSSR count). The lowest BCUT2D eigenvalue weighted by Gasteiger charge is -2.33.